The summed E-state index contributed by atoms with van der Waals surface area (Å²) in [6, 6.07) is 2.58. The topological polar surface area (TPSA) is 94.8 Å². The molecule has 0 radical (unpaired) electrons. The van der Waals surface area contributed by atoms with E-state index in [1.165, 1.54) is 19.3 Å². The molecule has 0 unspecified atom stereocenters. The fraction of sp³-hybridized carbons (Fsp3) is 0.438. The van der Waals surface area contributed by atoms with Gasteiger partial charge in [0.05, 0.1) is 25.5 Å². The Morgan fingerprint density at radius 1 is 1.22 bits per heavy atom. The molecule has 0 spiro atoms. The van der Waals surface area contributed by atoms with Gasteiger partial charge in [0.2, 0.25) is 5.54 Å². The number of ketones is 1. The summed E-state index contributed by atoms with van der Waals surface area (Å²) in [6.07, 6.45) is 2.72. The number of rotatable bonds is 6. The molecule has 0 aliphatic carbocycles. The van der Waals surface area contributed by atoms with Gasteiger partial charge >= 0.3 is 11.9 Å². The molecule has 0 bridgehead atoms. The summed E-state index contributed by atoms with van der Waals surface area (Å²) in [5.74, 6) is -1.49. The zero-order valence-electron chi connectivity index (χ0n) is 13.3. The molecule has 2 rings (SSSR count). The van der Waals surface area contributed by atoms with Crippen molar-refractivity contribution in [1.82, 2.24) is 5.32 Å². The molecule has 0 saturated heterocycles. The van der Waals surface area contributed by atoms with E-state index in [-0.39, 0.29) is 24.6 Å². The smallest absolute Gasteiger partial charge is 0.342 e. The molecule has 1 aliphatic rings. The molecule has 0 saturated carbocycles. The number of carbonyl (C=O) groups is 3. The van der Waals surface area contributed by atoms with Crippen molar-refractivity contribution >= 4 is 17.7 Å². The quantitative estimate of drug-likeness (QED) is 0.623. The summed E-state index contributed by atoms with van der Waals surface area (Å²) in [4.78, 5) is 36.7. The lowest BCUT2D eigenvalue weighted by atomic mass is 9.99. The molecular weight excluding hydrogens is 302 g/mol. The number of Topliss-reactive ketones (excluding diaryl/α,β-unsaturated/α-hetero) is 1. The second-order valence-electron chi connectivity index (χ2n) is 5.00. The van der Waals surface area contributed by atoms with Crippen molar-refractivity contribution in [1.29, 1.82) is 0 Å². The summed E-state index contributed by atoms with van der Waals surface area (Å²) < 4.78 is 15.3. The van der Waals surface area contributed by atoms with Crippen LogP contribution in [0.1, 0.15) is 32.6 Å². The zero-order valence-corrected chi connectivity index (χ0v) is 13.3. The first-order valence-electron chi connectivity index (χ1n) is 7.35. The van der Waals surface area contributed by atoms with Gasteiger partial charge in [-0.3, -0.25) is 10.1 Å². The average Bonchev–Trinajstić information content (AvgIpc) is 3.15. The Morgan fingerprint density at radius 3 is 2.26 bits per heavy atom. The highest BCUT2D eigenvalue weighted by Gasteiger charge is 2.54. The average molecular weight is 321 g/mol. The molecule has 23 heavy (non-hydrogen) atoms. The maximum absolute atomic E-state index is 12.4. The minimum absolute atomic E-state index is 0.0936. The van der Waals surface area contributed by atoms with Crippen LogP contribution in [0.15, 0.2) is 34.5 Å². The first-order chi connectivity index (χ1) is 11.0. The van der Waals surface area contributed by atoms with Gasteiger partial charge in [0.1, 0.15) is 5.76 Å². The molecule has 7 heteroatoms. The molecule has 0 fully saturated rings. The molecule has 1 aromatic heterocycles. The number of carbonyl (C=O) groups excluding carboxylic acids is 3. The van der Waals surface area contributed by atoms with Crippen molar-refractivity contribution in [3.05, 3.63) is 35.8 Å². The van der Waals surface area contributed by atoms with Crippen molar-refractivity contribution in [2.24, 2.45) is 0 Å². The van der Waals surface area contributed by atoms with E-state index in [1.54, 1.807) is 26.0 Å². The summed E-state index contributed by atoms with van der Waals surface area (Å²) in [6.45, 7) is 4.80. The van der Waals surface area contributed by atoms with Crippen LogP contribution in [0.2, 0.25) is 0 Å². The molecule has 7 nitrogen and oxygen atoms in total. The SMILES string of the molecule is CCOC(=O)C1(C(=O)OCC)C=C(C(C)=O)[C@H](c2ccco2)N1. The van der Waals surface area contributed by atoms with Crippen LogP contribution < -0.4 is 5.32 Å². The lowest BCUT2D eigenvalue weighted by Crippen LogP contribution is -2.56. The largest absolute Gasteiger partial charge is 0.467 e. The van der Waals surface area contributed by atoms with Crippen LogP contribution in [0.25, 0.3) is 0 Å². The van der Waals surface area contributed by atoms with E-state index < -0.39 is 23.5 Å². The third-order valence-corrected chi connectivity index (χ3v) is 3.48. The molecule has 0 aromatic carbocycles. The Balaban J connectivity index is 2.48. The van der Waals surface area contributed by atoms with E-state index >= 15 is 0 Å². The van der Waals surface area contributed by atoms with Gasteiger partial charge in [-0.25, -0.2) is 9.59 Å². The molecule has 1 aliphatic heterocycles. The zero-order chi connectivity index (χ0) is 17.0. The number of esters is 2. The van der Waals surface area contributed by atoms with E-state index in [1.807, 2.05) is 0 Å². The first kappa shape index (κ1) is 17.0. The van der Waals surface area contributed by atoms with Gasteiger partial charge in [0, 0.05) is 5.57 Å². The van der Waals surface area contributed by atoms with Gasteiger partial charge in [-0.05, 0) is 39.0 Å². The monoisotopic (exact) mass is 321 g/mol. The van der Waals surface area contributed by atoms with Gasteiger partial charge in [0.15, 0.2) is 5.78 Å². The van der Waals surface area contributed by atoms with Crippen LogP contribution in [0, 0.1) is 0 Å². The lowest BCUT2D eigenvalue weighted by molar-refractivity contribution is -0.163. The van der Waals surface area contributed by atoms with E-state index in [0.717, 1.165) is 0 Å². The van der Waals surface area contributed by atoms with Gasteiger partial charge in [0.25, 0.3) is 0 Å². The van der Waals surface area contributed by atoms with Crippen molar-refractivity contribution in [3.63, 3.8) is 0 Å². The Labute approximate surface area is 133 Å². The minimum atomic E-state index is -1.86. The first-order valence-corrected chi connectivity index (χ1v) is 7.35. The summed E-state index contributed by atoms with van der Waals surface area (Å²) in [5.41, 5.74) is -1.61. The van der Waals surface area contributed by atoms with Crippen LogP contribution in [-0.4, -0.2) is 36.5 Å². The maximum atomic E-state index is 12.4. The highest BCUT2D eigenvalue weighted by molar-refractivity contribution is 6.11. The lowest BCUT2D eigenvalue weighted by Gasteiger charge is -2.25. The summed E-state index contributed by atoms with van der Waals surface area (Å²) in [7, 11) is 0. The predicted octanol–water partition coefficient (Wildman–Crippen LogP) is 1.30. The number of hydrogen-bond donors (Lipinski definition) is 1. The van der Waals surface area contributed by atoms with Crippen molar-refractivity contribution in [3.8, 4) is 0 Å². The number of hydrogen-bond acceptors (Lipinski definition) is 7. The Bertz CT molecular complexity index is 613. The van der Waals surface area contributed by atoms with Gasteiger partial charge in [-0.2, -0.15) is 0 Å². The normalized spacial score (nSPS) is 19.1. The molecular formula is C16H19NO6. The van der Waals surface area contributed by atoms with E-state index in [2.05, 4.69) is 5.32 Å². The van der Waals surface area contributed by atoms with Crippen molar-refractivity contribution < 1.29 is 28.3 Å². The van der Waals surface area contributed by atoms with Crippen molar-refractivity contribution in [2.45, 2.75) is 32.4 Å². The van der Waals surface area contributed by atoms with Gasteiger partial charge in [-0.15, -0.1) is 0 Å². The third-order valence-electron chi connectivity index (χ3n) is 3.48. The molecule has 0 amide bonds. The molecule has 1 atom stereocenters. The highest BCUT2D eigenvalue weighted by Crippen LogP contribution is 2.35. The van der Waals surface area contributed by atoms with Crippen LogP contribution >= 0.6 is 0 Å². The Morgan fingerprint density at radius 2 is 1.83 bits per heavy atom. The standard InChI is InChI=1S/C16H19NO6/c1-4-21-14(19)16(15(20)22-5-2)9-11(10(3)18)13(17-16)12-7-6-8-23-12/h6-9,13,17H,4-5H2,1-3H3/t13-/m1/s1. The molecule has 2 heterocycles. The highest BCUT2D eigenvalue weighted by atomic mass is 16.6. The number of nitrogens with one attached hydrogen (secondary N) is 1. The second-order valence-corrected chi connectivity index (χ2v) is 5.00. The van der Waals surface area contributed by atoms with E-state index in [4.69, 9.17) is 13.9 Å². The molecule has 1 aromatic rings. The van der Waals surface area contributed by atoms with E-state index in [9.17, 15) is 14.4 Å². The van der Waals surface area contributed by atoms with Gasteiger partial charge < -0.3 is 13.9 Å². The maximum Gasteiger partial charge on any atom is 0.342 e. The van der Waals surface area contributed by atoms with Gasteiger partial charge in [-0.1, -0.05) is 0 Å². The summed E-state index contributed by atoms with van der Waals surface area (Å²) in [5, 5.41) is 2.85. The molecule has 124 valence electrons. The third kappa shape index (κ3) is 3.05. The van der Waals surface area contributed by atoms with Crippen LogP contribution in [0.4, 0.5) is 0 Å². The Kier molecular flexibility index (Phi) is 5.00. The van der Waals surface area contributed by atoms with Crippen molar-refractivity contribution in [2.75, 3.05) is 13.2 Å². The predicted molar refractivity (Wildman–Crippen MR) is 79.3 cm³/mol. The fourth-order valence-electron chi connectivity index (χ4n) is 2.46. The van der Waals surface area contributed by atoms with Crippen LogP contribution in [-0.2, 0) is 23.9 Å². The second kappa shape index (κ2) is 6.78. The Hall–Kier alpha value is -2.41. The molecule has 1 N–H and O–H groups in total. The van der Waals surface area contributed by atoms with E-state index in [0.29, 0.717) is 5.76 Å². The summed E-state index contributed by atoms with van der Waals surface area (Å²) >= 11 is 0. The number of furan rings is 1. The number of ether oxygens (including phenoxy) is 2. The van der Waals surface area contributed by atoms with Crippen LogP contribution in [0.5, 0.6) is 0 Å². The minimum Gasteiger partial charge on any atom is -0.467 e. The fourth-order valence-corrected chi connectivity index (χ4v) is 2.46. The van der Waals surface area contributed by atoms with Crippen LogP contribution in [0.3, 0.4) is 0 Å².